The van der Waals surface area contributed by atoms with Crippen molar-refractivity contribution in [3.8, 4) is 0 Å². The van der Waals surface area contributed by atoms with E-state index in [-0.39, 0.29) is 17.2 Å². The van der Waals surface area contributed by atoms with Crippen molar-refractivity contribution in [2.45, 2.75) is 26.0 Å². The van der Waals surface area contributed by atoms with Crippen LogP contribution in [-0.4, -0.2) is 22.9 Å². The maximum absolute atomic E-state index is 13.9. The quantitative estimate of drug-likeness (QED) is 0.625. The summed E-state index contributed by atoms with van der Waals surface area (Å²) in [6.07, 6.45) is 2.68. The van der Waals surface area contributed by atoms with E-state index in [1.54, 1.807) is 25.4 Å². The van der Waals surface area contributed by atoms with E-state index in [9.17, 15) is 13.6 Å². The molecule has 0 saturated heterocycles. The Morgan fingerprint density at radius 3 is 2.81 bits per heavy atom. The highest BCUT2D eigenvalue weighted by atomic mass is 35.5. The molecule has 0 bridgehead atoms. The summed E-state index contributed by atoms with van der Waals surface area (Å²) in [4.78, 5) is 21.0. The standard InChI is InChI=1S/C17H14ClF2N3O2S/c1-8(2)25-17(24)10-7-22-15(16-21-5-6-26-16)23-14(10)9-3-4-11(19)13(20)12(9)18/h3-8,14H,1-2H3,(H,22,23). The first kappa shape index (κ1) is 18.5. The molecule has 0 fully saturated rings. The minimum absolute atomic E-state index is 0.131. The van der Waals surface area contributed by atoms with Gasteiger partial charge in [-0.05, 0) is 19.9 Å². The second-order valence-electron chi connectivity index (χ2n) is 5.68. The Morgan fingerprint density at radius 2 is 2.15 bits per heavy atom. The van der Waals surface area contributed by atoms with E-state index in [2.05, 4.69) is 15.3 Å². The monoisotopic (exact) mass is 397 g/mol. The van der Waals surface area contributed by atoms with Crippen LogP contribution in [0.2, 0.25) is 5.02 Å². The lowest BCUT2D eigenvalue weighted by molar-refractivity contribution is -0.143. The summed E-state index contributed by atoms with van der Waals surface area (Å²) < 4.78 is 32.6. The van der Waals surface area contributed by atoms with Gasteiger partial charge in [0.2, 0.25) is 0 Å². The molecule has 5 nitrogen and oxygen atoms in total. The summed E-state index contributed by atoms with van der Waals surface area (Å²) in [5, 5.41) is 4.82. The molecule has 136 valence electrons. The van der Waals surface area contributed by atoms with Gasteiger partial charge < -0.3 is 10.1 Å². The fraction of sp³-hybridized carbons (Fsp3) is 0.235. The molecule has 1 aliphatic rings. The van der Waals surface area contributed by atoms with Crippen molar-refractivity contribution in [1.29, 1.82) is 0 Å². The summed E-state index contributed by atoms with van der Waals surface area (Å²) in [7, 11) is 0. The molecule has 0 saturated carbocycles. The first-order valence-electron chi connectivity index (χ1n) is 7.67. The van der Waals surface area contributed by atoms with E-state index in [1.165, 1.54) is 23.6 Å². The van der Waals surface area contributed by atoms with Crippen LogP contribution in [0.3, 0.4) is 0 Å². The fourth-order valence-electron chi connectivity index (χ4n) is 2.36. The Kier molecular flexibility index (Phi) is 5.33. The number of halogens is 3. The van der Waals surface area contributed by atoms with Crippen molar-refractivity contribution in [3.63, 3.8) is 0 Å². The molecule has 1 atom stereocenters. The number of aromatic nitrogens is 1. The third-order valence-electron chi connectivity index (χ3n) is 3.49. The van der Waals surface area contributed by atoms with Crippen LogP contribution in [0.1, 0.15) is 30.5 Å². The number of thiazole rings is 1. The summed E-state index contributed by atoms with van der Waals surface area (Å²) in [6, 6.07) is 1.29. The maximum Gasteiger partial charge on any atom is 0.338 e. The normalized spacial score (nSPS) is 16.8. The molecule has 3 rings (SSSR count). The Morgan fingerprint density at radius 1 is 1.38 bits per heavy atom. The van der Waals surface area contributed by atoms with Gasteiger partial charge in [-0.3, -0.25) is 4.99 Å². The highest BCUT2D eigenvalue weighted by molar-refractivity contribution is 7.11. The number of aliphatic imine (C=N–C) groups is 1. The molecule has 9 heteroatoms. The van der Waals surface area contributed by atoms with Gasteiger partial charge in [0, 0.05) is 23.3 Å². The Bertz CT molecular complexity index is 898. The van der Waals surface area contributed by atoms with Crippen LogP contribution in [0.5, 0.6) is 0 Å². The maximum atomic E-state index is 13.9. The highest BCUT2D eigenvalue weighted by Crippen LogP contribution is 2.36. The molecule has 0 aliphatic carbocycles. The first-order valence-corrected chi connectivity index (χ1v) is 8.93. The van der Waals surface area contributed by atoms with Crippen LogP contribution in [-0.2, 0) is 9.53 Å². The fourth-order valence-corrected chi connectivity index (χ4v) is 3.21. The number of carbonyl (C=O) groups excluding carboxylic acids is 1. The third-order valence-corrected chi connectivity index (χ3v) is 4.65. The number of hydrogen-bond donors (Lipinski definition) is 1. The predicted molar refractivity (Wildman–Crippen MR) is 95.2 cm³/mol. The van der Waals surface area contributed by atoms with Gasteiger partial charge in [0.15, 0.2) is 22.5 Å². The van der Waals surface area contributed by atoms with E-state index in [0.29, 0.717) is 10.8 Å². The number of benzene rings is 1. The van der Waals surface area contributed by atoms with E-state index >= 15 is 0 Å². The number of amidine groups is 1. The smallest absolute Gasteiger partial charge is 0.338 e. The number of esters is 1. The van der Waals surface area contributed by atoms with Crippen LogP contribution in [0.25, 0.3) is 0 Å². The molecule has 2 heterocycles. The molecule has 1 aromatic carbocycles. The molecule has 1 unspecified atom stereocenters. The van der Waals surface area contributed by atoms with Crippen molar-refractivity contribution in [1.82, 2.24) is 10.3 Å². The second-order valence-corrected chi connectivity index (χ2v) is 6.95. The van der Waals surface area contributed by atoms with Gasteiger partial charge in [0.25, 0.3) is 0 Å². The Balaban J connectivity index is 2.07. The zero-order valence-electron chi connectivity index (χ0n) is 13.8. The summed E-state index contributed by atoms with van der Waals surface area (Å²) in [6.45, 7) is 3.41. The second kappa shape index (κ2) is 7.51. The van der Waals surface area contributed by atoms with Crippen LogP contribution in [0.4, 0.5) is 8.78 Å². The lowest BCUT2D eigenvalue weighted by atomic mass is 9.98. The van der Waals surface area contributed by atoms with E-state index in [1.807, 2.05) is 0 Å². The van der Waals surface area contributed by atoms with Gasteiger partial charge >= 0.3 is 5.97 Å². The predicted octanol–water partition coefficient (Wildman–Crippen LogP) is 4.00. The van der Waals surface area contributed by atoms with Gasteiger partial charge in [-0.1, -0.05) is 17.7 Å². The largest absolute Gasteiger partial charge is 0.460 e. The van der Waals surface area contributed by atoms with Gasteiger partial charge in [0.05, 0.1) is 16.7 Å². The van der Waals surface area contributed by atoms with Crippen molar-refractivity contribution >= 4 is 34.7 Å². The number of nitrogens with zero attached hydrogens (tertiary/aromatic N) is 2. The van der Waals surface area contributed by atoms with Gasteiger partial charge in [0.1, 0.15) is 6.04 Å². The summed E-state index contributed by atoms with van der Waals surface area (Å²) >= 11 is 7.32. The van der Waals surface area contributed by atoms with Crippen molar-refractivity contribution in [2.75, 3.05) is 0 Å². The minimum Gasteiger partial charge on any atom is -0.460 e. The average molecular weight is 398 g/mol. The van der Waals surface area contributed by atoms with E-state index in [0.717, 1.165) is 6.07 Å². The van der Waals surface area contributed by atoms with Crippen LogP contribution in [0.15, 0.2) is 40.5 Å². The molecular weight excluding hydrogens is 384 g/mol. The zero-order chi connectivity index (χ0) is 18.8. The zero-order valence-corrected chi connectivity index (χ0v) is 15.4. The first-order chi connectivity index (χ1) is 12.4. The molecular formula is C17H14ClF2N3O2S. The number of rotatable bonds is 4. The Hall–Kier alpha value is -2.32. The molecule has 0 spiro atoms. The number of ether oxygens (including phenoxy) is 1. The van der Waals surface area contributed by atoms with Gasteiger partial charge in [-0.15, -0.1) is 11.3 Å². The minimum atomic E-state index is -1.19. The SMILES string of the molecule is CC(C)OC(=O)C1=CNC(c2nccs2)=NC1c1ccc(F)c(F)c1Cl. The van der Waals surface area contributed by atoms with E-state index < -0.39 is 28.7 Å². The molecule has 26 heavy (non-hydrogen) atoms. The average Bonchev–Trinajstić information content (AvgIpc) is 3.13. The molecule has 1 N–H and O–H groups in total. The number of hydrogen-bond acceptors (Lipinski definition) is 6. The molecule has 2 aromatic rings. The molecule has 0 amide bonds. The number of nitrogens with one attached hydrogen (secondary N) is 1. The molecule has 1 aliphatic heterocycles. The molecule has 0 radical (unpaired) electrons. The van der Waals surface area contributed by atoms with Crippen molar-refractivity contribution < 1.29 is 18.3 Å². The van der Waals surface area contributed by atoms with E-state index in [4.69, 9.17) is 16.3 Å². The van der Waals surface area contributed by atoms with Crippen molar-refractivity contribution in [3.05, 3.63) is 62.7 Å². The van der Waals surface area contributed by atoms with Gasteiger partial charge in [-0.2, -0.15) is 0 Å². The van der Waals surface area contributed by atoms with Crippen LogP contribution >= 0.6 is 22.9 Å². The van der Waals surface area contributed by atoms with Crippen LogP contribution in [0, 0.1) is 11.6 Å². The van der Waals surface area contributed by atoms with Crippen LogP contribution < -0.4 is 5.32 Å². The lowest BCUT2D eigenvalue weighted by Gasteiger charge is -2.23. The Labute approximate surface area is 157 Å². The number of carbonyl (C=O) groups is 1. The summed E-state index contributed by atoms with van der Waals surface area (Å²) in [5.74, 6) is -2.50. The lowest BCUT2D eigenvalue weighted by Crippen LogP contribution is -2.29. The topological polar surface area (TPSA) is 63.6 Å². The molecule has 1 aromatic heterocycles. The third kappa shape index (κ3) is 3.61. The summed E-state index contributed by atoms with van der Waals surface area (Å²) in [5.41, 5.74) is 0.292. The van der Waals surface area contributed by atoms with Crippen molar-refractivity contribution in [2.24, 2.45) is 4.99 Å². The highest BCUT2D eigenvalue weighted by Gasteiger charge is 2.31. The van der Waals surface area contributed by atoms with Gasteiger partial charge in [-0.25, -0.2) is 18.6 Å².